The highest BCUT2D eigenvalue weighted by molar-refractivity contribution is 5.76. The fraction of sp³-hybridized carbons (Fsp3) is 0.500. The average Bonchev–Trinajstić information content (AvgIpc) is 1.83. The molecular weight excluding hydrogens is 100 g/mol. The first-order valence-corrected chi connectivity index (χ1v) is 2.67. The van der Waals surface area contributed by atoms with E-state index < -0.39 is 0 Å². The highest BCUT2D eigenvalue weighted by Gasteiger charge is 1.75. The van der Waals surface area contributed by atoms with Crippen molar-refractivity contribution in [3.63, 3.8) is 0 Å². The van der Waals surface area contributed by atoms with Gasteiger partial charge in [-0.05, 0) is 6.92 Å². The van der Waals surface area contributed by atoms with Crippen LogP contribution in [-0.2, 0) is 0 Å². The molecule has 0 bridgehead atoms. The number of allylic oxidation sites excluding steroid dienone is 1. The second-order valence-corrected chi connectivity index (χ2v) is 1.40. The second-order valence-electron chi connectivity index (χ2n) is 1.40. The summed E-state index contributed by atoms with van der Waals surface area (Å²) < 4.78 is 0. The van der Waals surface area contributed by atoms with Crippen molar-refractivity contribution < 1.29 is 0 Å². The molecule has 0 aromatic rings. The van der Waals surface area contributed by atoms with Crippen molar-refractivity contribution in [2.45, 2.75) is 6.92 Å². The third kappa shape index (κ3) is 3.40. The Labute approximate surface area is 50.3 Å². The molecule has 0 spiro atoms. The number of hydrogen-bond acceptors (Lipinski definition) is 2. The lowest BCUT2D eigenvalue weighted by Gasteiger charge is -1.92. The van der Waals surface area contributed by atoms with Crippen LogP contribution >= 0.6 is 0 Å². The van der Waals surface area contributed by atoms with Crippen LogP contribution in [-0.4, -0.2) is 19.8 Å². The van der Waals surface area contributed by atoms with Crippen LogP contribution in [0, 0.1) is 0 Å². The summed E-state index contributed by atoms with van der Waals surface area (Å²) in [6, 6.07) is 0. The van der Waals surface area contributed by atoms with Gasteiger partial charge in [-0.25, -0.2) is 0 Å². The van der Waals surface area contributed by atoms with Crippen LogP contribution in [0.4, 0.5) is 0 Å². The Kier molecular flexibility index (Phi) is 3.94. The van der Waals surface area contributed by atoms with Gasteiger partial charge in [0.25, 0.3) is 0 Å². The first-order chi connectivity index (χ1) is 3.81. The lowest BCUT2D eigenvalue weighted by molar-refractivity contribution is 1.05. The molecule has 0 aliphatic heterocycles. The van der Waals surface area contributed by atoms with Gasteiger partial charge in [0, 0.05) is 25.5 Å². The van der Waals surface area contributed by atoms with Gasteiger partial charge < -0.3 is 5.32 Å². The molecule has 0 radical (unpaired) electrons. The Morgan fingerprint density at radius 1 is 1.88 bits per heavy atom. The maximum Gasteiger partial charge on any atom is 0.0446 e. The van der Waals surface area contributed by atoms with Gasteiger partial charge in [-0.3, -0.25) is 4.99 Å². The predicted octanol–water partition coefficient (Wildman–Crippen LogP) is 0.810. The molecule has 0 aromatic heterocycles. The maximum absolute atomic E-state index is 3.96. The van der Waals surface area contributed by atoms with Gasteiger partial charge in [0.05, 0.1) is 0 Å². The molecule has 0 saturated heterocycles. The van der Waals surface area contributed by atoms with E-state index in [1.54, 1.807) is 6.21 Å². The van der Waals surface area contributed by atoms with E-state index in [-0.39, 0.29) is 0 Å². The Bertz CT molecular complexity index is 94.7. The van der Waals surface area contributed by atoms with E-state index in [9.17, 15) is 0 Å². The summed E-state index contributed by atoms with van der Waals surface area (Å²) >= 11 is 0. The zero-order valence-corrected chi connectivity index (χ0v) is 5.44. The molecule has 8 heavy (non-hydrogen) atoms. The van der Waals surface area contributed by atoms with Gasteiger partial charge >= 0.3 is 0 Å². The summed E-state index contributed by atoms with van der Waals surface area (Å²) in [5.74, 6) is 0. The molecule has 0 rings (SSSR count). The fourth-order valence-corrected chi connectivity index (χ4v) is 0.266. The molecule has 0 fully saturated rings. The van der Waals surface area contributed by atoms with Crippen LogP contribution in [0.5, 0.6) is 0 Å². The summed E-state index contributed by atoms with van der Waals surface area (Å²) in [7, 11) is 1.82. The Balaban J connectivity index is 3.37. The van der Waals surface area contributed by atoms with Crippen LogP contribution in [0.2, 0.25) is 0 Å². The summed E-state index contributed by atoms with van der Waals surface area (Å²) in [5.41, 5.74) is 0.854. The van der Waals surface area contributed by atoms with E-state index in [0.29, 0.717) is 0 Å². The zero-order valence-electron chi connectivity index (χ0n) is 5.44. The molecule has 0 aliphatic carbocycles. The van der Waals surface area contributed by atoms with Crippen molar-refractivity contribution in [2.24, 2.45) is 4.99 Å². The molecule has 0 atom stereocenters. The minimum atomic E-state index is 0.820. The molecule has 0 aromatic carbocycles. The molecule has 0 aliphatic rings. The first-order valence-electron chi connectivity index (χ1n) is 2.67. The van der Waals surface area contributed by atoms with Crippen LogP contribution in [0.25, 0.3) is 0 Å². The highest BCUT2D eigenvalue weighted by atomic mass is 14.8. The largest absolute Gasteiger partial charge is 0.387 e. The third-order valence-corrected chi connectivity index (χ3v) is 0.751. The minimum Gasteiger partial charge on any atom is -0.387 e. The number of nitrogens with zero attached hydrogens (tertiary/aromatic N) is 1. The molecule has 2 nitrogen and oxygen atoms in total. The van der Waals surface area contributed by atoms with Crippen LogP contribution in [0.15, 0.2) is 17.3 Å². The van der Waals surface area contributed by atoms with Gasteiger partial charge in [-0.15, -0.1) is 0 Å². The highest BCUT2D eigenvalue weighted by Crippen LogP contribution is 1.73. The Morgan fingerprint density at radius 2 is 2.50 bits per heavy atom. The molecule has 0 heterocycles. The quantitative estimate of drug-likeness (QED) is 0.537. The van der Waals surface area contributed by atoms with E-state index in [0.717, 1.165) is 12.2 Å². The number of rotatable bonds is 3. The molecule has 2 heteroatoms. The predicted molar refractivity (Wildman–Crippen MR) is 37.2 cm³/mol. The summed E-state index contributed by atoms with van der Waals surface area (Å²) in [4.78, 5) is 3.96. The Hall–Kier alpha value is -0.790. The van der Waals surface area contributed by atoms with Gasteiger partial charge in [-0.2, -0.15) is 0 Å². The standard InChI is InChI=1S/C6H12N2/c1-4-8-5-6(2)7-3/h5,7H,2,4H2,1,3H3/b8-5-. The number of aliphatic imine (C=N–C) groups is 1. The normalized spacial score (nSPS) is 9.75. The van der Waals surface area contributed by atoms with Gasteiger partial charge in [-0.1, -0.05) is 6.58 Å². The van der Waals surface area contributed by atoms with Crippen molar-refractivity contribution in [1.29, 1.82) is 0 Å². The van der Waals surface area contributed by atoms with E-state index in [1.165, 1.54) is 0 Å². The van der Waals surface area contributed by atoms with Gasteiger partial charge in [0.15, 0.2) is 0 Å². The van der Waals surface area contributed by atoms with Crippen molar-refractivity contribution in [3.05, 3.63) is 12.3 Å². The minimum absolute atomic E-state index is 0.820. The molecular formula is C6H12N2. The summed E-state index contributed by atoms with van der Waals surface area (Å²) in [6.45, 7) is 6.46. The third-order valence-electron chi connectivity index (χ3n) is 0.751. The van der Waals surface area contributed by atoms with E-state index in [4.69, 9.17) is 0 Å². The van der Waals surface area contributed by atoms with Gasteiger partial charge in [0.1, 0.15) is 0 Å². The zero-order chi connectivity index (χ0) is 6.41. The number of hydrogen-bond donors (Lipinski definition) is 1. The van der Waals surface area contributed by atoms with Crippen LogP contribution < -0.4 is 5.32 Å². The lowest BCUT2D eigenvalue weighted by atomic mass is 10.5. The van der Waals surface area contributed by atoms with E-state index in [1.807, 2.05) is 14.0 Å². The fourth-order valence-electron chi connectivity index (χ4n) is 0.266. The van der Waals surface area contributed by atoms with Crippen molar-refractivity contribution in [1.82, 2.24) is 5.32 Å². The monoisotopic (exact) mass is 112 g/mol. The topological polar surface area (TPSA) is 24.4 Å². The molecule has 1 N–H and O–H groups in total. The second kappa shape index (κ2) is 4.37. The SMILES string of the molecule is C=C(/C=N\CC)NC. The molecule has 46 valence electrons. The average molecular weight is 112 g/mol. The van der Waals surface area contributed by atoms with E-state index >= 15 is 0 Å². The lowest BCUT2D eigenvalue weighted by Crippen LogP contribution is -2.04. The summed E-state index contributed by atoms with van der Waals surface area (Å²) in [6.07, 6.45) is 1.72. The van der Waals surface area contributed by atoms with Crippen molar-refractivity contribution >= 4 is 6.21 Å². The number of nitrogens with one attached hydrogen (secondary N) is 1. The smallest absolute Gasteiger partial charge is 0.0446 e. The van der Waals surface area contributed by atoms with Crippen LogP contribution in [0.1, 0.15) is 6.92 Å². The maximum atomic E-state index is 3.96. The van der Waals surface area contributed by atoms with Crippen LogP contribution in [0.3, 0.4) is 0 Å². The molecule has 0 amide bonds. The molecule has 0 unspecified atom stereocenters. The molecule has 0 saturated carbocycles. The summed E-state index contributed by atoms with van der Waals surface area (Å²) in [5, 5.41) is 2.86. The van der Waals surface area contributed by atoms with Gasteiger partial charge in [0.2, 0.25) is 0 Å². The van der Waals surface area contributed by atoms with Crippen molar-refractivity contribution in [2.75, 3.05) is 13.6 Å². The van der Waals surface area contributed by atoms with E-state index in [2.05, 4.69) is 16.9 Å². The first kappa shape index (κ1) is 7.21. The van der Waals surface area contributed by atoms with Crippen molar-refractivity contribution in [3.8, 4) is 0 Å². The Morgan fingerprint density at radius 3 is 2.88 bits per heavy atom.